The number of pyridine rings is 1. The molecule has 0 amide bonds. The lowest BCUT2D eigenvalue weighted by molar-refractivity contribution is 0.482. The predicted octanol–water partition coefficient (Wildman–Crippen LogP) is 3.54. The topological polar surface area (TPSA) is 24.9 Å². The van der Waals surface area contributed by atoms with E-state index in [2.05, 4.69) is 10.3 Å². The molecule has 2 aromatic rings. The minimum atomic E-state index is -0.423. The average molecular weight is 306 g/mol. The highest BCUT2D eigenvalue weighted by molar-refractivity contribution is 7.99. The number of hydrogen-bond donors (Lipinski definition) is 1. The molecule has 1 saturated heterocycles. The SMILES string of the molecule is Fc1ccc(F)c([C@H](N[C@H]2CCSC2)c2ccncc2)c1. The minimum absolute atomic E-state index is 0.316. The molecule has 21 heavy (non-hydrogen) atoms. The molecule has 0 saturated carbocycles. The van der Waals surface area contributed by atoms with E-state index in [1.165, 1.54) is 12.1 Å². The lowest BCUT2D eigenvalue weighted by Crippen LogP contribution is -2.34. The van der Waals surface area contributed by atoms with Crippen LogP contribution in [0.25, 0.3) is 0 Å². The fraction of sp³-hybridized carbons (Fsp3) is 0.312. The van der Waals surface area contributed by atoms with Crippen molar-refractivity contribution in [1.82, 2.24) is 10.3 Å². The zero-order valence-electron chi connectivity index (χ0n) is 11.4. The molecule has 0 aliphatic carbocycles. The van der Waals surface area contributed by atoms with E-state index in [9.17, 15) is 8.78 Å². The molecular formula is C16H16F2N2S. The van der Waals surface area contributed by atoms with E-state index < -0.39 is 11.6 Å². The van der Waals surface area contributed by atoms with Gasteiger partial charge in [-0.2, -0.15) is 11.8 Å². The number of hydrogen-bond acceptors (Lipinski definition) is 3. The normalized spacial score (nSPS) is 19.6. The van der Waals surface area contributed by atoms with Crippen LogP contribution in [-0.2, 0) is 0 Å². The summed E-state index contributed by atoms with van der Waals surface area (Å²) in [5.41, 5.74) is 1.24. The molecule has 0 radical (unpaired) electrons. The second-order valence-corrected chi connectivity index (χ2v) is 6.26. The van der Waals surface area contributed by atoms with Crippen LogP contribution >= 0.6 is 11.8 Å². The molecule has 1 N–H and O–H groups in total. The van der Waals surface area contributed by atoms with Gasteiger partial charge in [0.25, 0.3) is 0 Å². The van der Waals surface area contributed by atoms with E-state index >= 15 is 0 Å². The summed E-state index contributed by atoms with van der Waals surface area (Å²) in [5.74, 6) is 1.29. The van der Waals surface area contributed by atoms with E-state index in [0.717, 1.165) is 29.6 Å². The maximum absolute atomic E-state index is 14.2. The number of rotatable bonds is 4. The Morgan fingerprint density at radius 2 is 2.00 bits per heavy atom. The molecule has 1 aromatic carbocycles. The number of halogens is 2. The van der Waals surface area contributed by atoms with Crippen molar-refractivity contribution in [1.29, 1.82) is 0 Å². The Morgan fingerprint density at radius 1 is 1.19 bits per heavy atom. The molecule has 5 heteroatoms. The van der Waals surface area contributed by atoms with Gasteiger partial charge in [0, 0.05) is 29.8 Å². The highest BCUT2D eigenvalue weighted by atomic mass is 32.2. The highest BCUT2D eigenvalue weighted by Crippen LogP contribution is 2.28. The van der Waals surface area contributed by atoms with Gasteiger partial charge in [-0.25, -0.2) is 8.78 Å². The van der Waals surface area contributed by atoms with Gasteiger partial charge in [-0.15, -0.1) is 0 Å². The first-order valence-electron chi connectivity index (χ1n) is 6.92. The third-order valence-corrected chi connectivity index (χ3v) is 4.80. The van der Waals surface area contributed by atoms with Crippen LogP contribution in [0.15, 0.2) is 42.7 Å². The first-order chi connectivity index (χ1) is 10.2. The van der Waals surface area contributed by atoms with Crippen molar-refractivity contribution in [2.75, 3.05) is 11.5 Å². The monoisotopic (exact) mass is 306 g/mol. The van der Waals surface area contributed by atoms with Crippen molar-refractivity contribution in [2.45, 2.75) is 18.5 Å². The van der Waals surface area contributed by atoms with Crippen molar-refractivity contribution in [3.05, 3.63) is 65.5 Å². The second-order valence-electron chi connectivity index (χ2n) is 5.11. The van der Waals surface area contributed by atoms with E-state index in [1.54, 1.807) is 12.4 Å². The van der Waals surface area contributed by atoms with Crippen molar-refractivity contribution < 1.29 is 8.78 Å². The summed E-state index contributed by atoms with van der Waals surface area (Å²) in [5, 5.41) is 3.46. The molecule has 1 aromatic heterocycles. The maximum atomic E-state index is 14.2. The zero-order chi connectivity index (χ0) is 14.7. The van der Waals surface area contributed by atoms with Crippen LogP contribution < -0.4 is 5.32 Å². The van der Waals surface area contributed by atoms with Crippen molar-refractivity contribution in [3.8, 4) is 0 Å². The van der Waals surface area contributed by atoms with Crippen LogP contribution in [0.1, 0.15) is 23.6 Å². The van der Waals surface area contributed by atoms with E-state index in [-0.39, 0.29) is 6.04 Å². The minimum Gasteiger partial charge on any atom is -0.303 e. The van der Waals surface area contributed by atoms with Crippen molar-refractivity contribution >= 4 is 11.8 Å². The average Bonchev–Trinajstić information content (AvgIpc) is 3.01. The Balaban J connectivity index is 1.96. The largest absolute Gasteiger partial charge is 0.303 e. The highest BCUT2D eigenvalue weighted by Gasteiger charge is 2.24. The summed E-state index contributed by atoms with van der Waals surface area (Å²) < 4.78 is 27.7. The Bertz CT molecular complexity index is 600. The number of aromatic nitrogens is 1. The number of nitrogens with zero attached hydrogens (tertiary/aromatic N) is 1. The summed E-state index contributed by atoms with van der Waals surface area (Å²) >= 11 is 1.88. The number of benzene rings is 1. The summed E-state index contributed by atoms with van der Waals surface area (Å²) in [7, 11) is 0. The van der Waals surface area contributed by atoms with Gasteiger partial charge in [-0.05, 0) is 48.1 Å². The van der Waals surface area contributed by atoms with Gasteiger partial charge in [0.15, 0.2) is 0 Å². The third kappa shape index (κ3) is 3.41. The fourth-order valence-electron chi connectivity index (χ4n) is 2.56. The molecular weight excluding hydrogens is 290 g/mol. The van der Waals surface area contributed by atoms with Crippen molar-refractivity contribution in [3.63, 3.8) is 0 Å². The summed E-state index contributed by atoms with van der Waals surface area (Å²) in [6.07, 6.45) is 4.39. The standard InChI is InChI=1S/C16H16F2N2S/c17-12-1-2-15(18)14(9-12)16(11-3-6-19-7-4-11)20-13-5-8-21-10-13/h1-4,6-7,9,13,16,20H,5,8,10H2/t13-,16+/m0/s1. The number of thioether (sulfide) groups is 1. The molecule has 1 aliphatic heterocycles. The van der Waals surface area contributed by atoms with E-state index in [0.29, 0.717) is 11.6 Å². The first kappa shape index (κ1) is 14.5. The first-order valence-corrected chi connectivity index (χ1v) is 8.08. The van der Waals surface area contributed by atoms with Gasteiger partial charge >= 0.3 is 0 Å². The molecule has 0 unspecified atom stereocenters. The zero-order valence-corrected chi connectivity index (χ0v) is 12.2. The second kappa shape index (κ2) is 6.54. The summed E-state index contributed by atoms with van der Waals surface area (Å²) in [6, 6.07) is 7.24. The van der Waals surface area contributed by atoms with Crippen LogP contribution in [0.3, 0.4) is 0 Å². The molecule has 0 spiro atoms. The van der Waals surface area contributed by atoms with Crippen LogP contribution in [0.5, 0.6) is 0 Å². The molecule has 2 nitrogen and oxygen atoms in total. The Labute approximate surface area is 127 Å². The smallest absolute Gasteiger partial charge is 0.128 e. The van der Waals surface area contributed by atoms with Gasteiger partial charge in [0.2, 0.25) is 0 Å². The van der Waals surface area contributed by atoms with Crippen LogP contribution in [0.4, 0.5) is 8.78 Å². The van der Waals surface area contributed by atoms with Gasteiger partial charge in [-0.3, -0.25) is 4.98 Å². The molecule has 0 bridgehead atoms. The van der Waals surface area contributed by atoms with Gasteiger partial charge < -0.3 is 5.32 Å². The Kier molecular flexibility index (Phi) is 4.51. The third-order valence-electron chi connectivity index (χ3n) is 3.64. The van der Waals surface area contributed by atoms with Crippen LogP contribution in [0.2, 0.25) is 0 Å². The maximum Gasteiger partial charge on any atom is 0.128 e. The molecule has 110 valence electrons. The fourth-order valence-corrected chi connectivity index (χ4v) is 3.72. The summed E-state index contributed by atoms with van der Waals surface area (Å²) in [4.78, 5) is 3.99. The van der Waals surface area contributed by atoms with Crippen LogP contribution in [-0.4, -0.2) is 22.5 Å². The van der Waals surface area contributed by atoms with Gasteiger partial charge in [0.05, 0.1) is 6.04 Å². The summed E-state index contributed by atoms with van der Waals surface area (Å²) in [6.45, 7) is 0. The Hall–Kier alpha value is -1.46. The van der Waals surface area contributed by atoms with Gasteiger partial charge in [0.1, 0.15) is 11.6 Å². The lowest BCUT2D eigenvalue weighted by Gasteiger charge is -2.24. The van der Waals surface area contributed by atoms with Crippen LogP contribution in [0, 0.1) is 11.6 Å². The predicted molar refractivity (Wildman–Crippen MR) is 81.3 cm³/mol. The lowest BCUT2D eigenvalue weighted by atomic mass is 9.97. The number of nitrogens with one attached hydrogen (secondary N) is 1. The molecule has 1 aliphatic rings. The van der Waals surface area contributed by atoms with E-state index in [1.807, 2.05) is 23.9 Å². The Morgan fingerprint density at radius 3 is 2.71 bits per heavy atom. The molecule has 3 rings (SSSR count). The quantitative estimate of drug-likeness (QED) is 0.935. The van der Waals surface area contributed by atoms with Gasteiger partial charge in [-0.1, -0.05) is 0 Å². The molecule has 2 heterocycles. The molecule has 2 atom stereocenters. The molecule has 1 fully saturated rings. The van der Waals surface area contributed by atoms with E-state index in [4.69, 9.17) is 0 Å². The van der Waals surface area contributed by atoms with Crippen molar-refractivity contribution in [2.24, 2.45) is 0 Å².